The van der Waals surface area contributed by atoms with Crippen LogP contribution in [-0.4, -0.2) is 15.2 Å². The van der Waals surface area contributed by atoms with E-state index >= 15 is 0 Å². The lowest BCUT2D eigenvalue weighted by atomic mass is 10.1. The maximum absolute atomic E-state index is 11.0. The van der Waals surface area contributed by atoms with Gasteiger partial charge in [0.25, 0.3) is 5.24 Å². The van der Waals surface area contributed by atoms with Gasteiger partial charge in [-0.1, -0.05) is 15.9 Å². The molecule has 2 aromatic rings. The number of imidazole rings is 1. The molecule has 0 fully saturated rings. The summed E-state index contributed by atoms with van der Waals surface area (Å²) in [7, 11) is 0. The van der Waals surface area contributed by atoms with Crippen LogP contribution in [0.3, 0.4) is 0 Å². The Morgan fingerprint density at radius 2 is 2.36 bits per heavy atom. The van der Waals surface area contributed by atoms with E-state index in [1.165, 1.54) is 0 Å². The summed E-state index contributed by atoms with van der Waals surface area (Å²) in [5.74, 6) is 0. The number of benzene rings is 1. The maximum Gasteiger partial charge on any atom is 0.252 e. The number of aromatic nitrogens is 2. The van der Waals surface area contributed by atoms with E-state index in [0.29, 0.717) is 10.9 Å². The molecule has 0 aliphatic carbocycles. The van der Waals surface area contributed by atoms with Crippen molar-refractivity contribution in [2.24, 2.45) is 0 Å². The molecule has 0 amide bonds. The number of nitrogens with one attached hydrogen (secondary N) is 1. The summed E-state index contributed by atoms with van der Waals surface area (Å²) in [5, 5.41) is 0.190. The van der Waals surface area contributed by atoms with Crippen LogP contribution in [0.25, 0.3) is 11.0 Å². The number of rotatable bonds is 2. The zero-order valence-corrected chi connectivity index (χ0v) is 9.39. The smallest absolute Gasteiger partial charge is 0.252 e. The van der Waals surface area contributed by atoms with Crippen LogP contribution in [0.1, 0.15) is 15.9 Å². The molecule has 0 unspecified atom stereocenters. The first-order valence-corrected chi connectivity index (χ1v) is 5.44. The second kappa shape index (κ2) is 3.71. The molecule has 3 nitrogen and oxygen atoms in total. The molecule has 1 aromatic carbocycles. The van der Waals surface area contributed by atoms with Gasteiger partial charge in [-0.05, 0) is 29.3 Å². The zero-order chi connectivity index (χ0) is 10.1. The van der Waals surface area contributed by atoms with Crippen LogP contribution >= 0.6 is 27.5 Å². The third-order valence-corrected chi connectivity index (χ3v) is 2.80. The van der Waals surface area contributed by atoms with Crippen LogP contribution in [0.2, 0.25) is 0 Å². The first kappa shape index (κ1) is 9.68. The molecule has 0 aliphatic heterocycles. The molecule has 0 spiro atoms. The summed E-state index contributed by atoms with van der Waals surface area (Å²) < 4.78 is 0. The van der Waals surface area contributed by atoms with Gasteiger partial charge in [-0.3, -0.25) is 4.79 Å². The Labute approximate surface area is 93.6 Å². The average Bonchev–Trinajstić information content (AvgIpc) is 2.63. The lowest BCUT2D eigenvalue weighted by Gasteiger charge is -2.00. The summed E-state index contributed by atoms with van der Waals surface area (Å²) in [6.45, 7) is 0. The predicted octanol–water partition coefficient (Wildman–Crippen LogP) is 2.84. The normalized spacial score (nSPS) is 10.7. The van der Waals surface area contributed by atoms with Gasteiger partial charge in [0, 0.05) is 10.9 Å². The van der Waals surface area contributed by atoms with Crippen molar-refractivity contribution in [2.45, 2.75) is 5.33 Å². The minimum absolute atomic E-state index is 0.455. The van der Waals surface area contributed by atoms with Gasteiger partial charge in [0.1, 0.15) is 0 Å². The summed E-state index contributed by atoms with van der Waals surface area (Å²) >= 11 is 8.75. The number of carbonyl (C=O) groups is 1. The highest BCUT2D eigenvalue weighted by Crippen LogP contribution is 2.21. The van der Waals surface area contributed by atoms with Crippen LogP contribution in [-0.2, 0) is 5.33 Å². The Morgan fingerprint density at radius 1 is 1.57 bits per heavy atom. The molecule has 1 aromatic heterocycles. The van der Waals surface area contributed by atoms with E-state index in [-0.39, 0.29) is 0 Å². The largest absolute Gasteiger partial charge is 0.345 e. The Bertz CT molecular complexity index is 495. The fourth-order valence-corrected chi connectivity index (χ4v) is 1.88. The number of aromatic amines is 1. The van der Waals surface area contributed by atoms with Crippen molar-refractivity contribution < 1.29 is 4.79 Å². The molecule has 0 aliphatic rings. The Kier molecular flexibility index (Phi) is 2.56. The van der Waals surface area contributed by atoms with Gasteiger partial charge >= 0.3 is 0 Å². The number of halogens is 2. The Balaban J connectivity index is 2.73. The molecule has 0 atom stereocenters. The van der Waals surface area contributed by atoms with Crippen molar-refractivity contribution in [1.82, 2.24) is 9.97 Å². The molecule has 0 saturated heterocycles. The lowest BCUT2D eigenvalue weighted by molar-refractivity contribution is 0.108. The molecule has 5 heteroatoms. The molecular formula is C9H6BrClN2O. The fourth-order valence-electron chi connectivity index (χ4n) is 1.34. The number of hydrogen-bond acceptors (Lipinski definition) is 2. The summed E-state index contributed by atoms with van der Waals surface area (Å²) in [5.41, 5.74) is 3.13. The van der Waals surface area contributed by atoms with Gasteiger partial charge in [-0.15, -0.1) is 0 Å². The zero-order valence-electron chi connectivity index (χ0n) is 7.05. The topological polar surface area (TPSA) is 45.8 Å². The van der Waals surface area contributed by atoms with E-state index in [4.69, 9.17) is 11.6 Å². The second-order valence-electron chi connectivity index (χ2n) is 2.84. The van der Waals surface area contributed by atoms with Gasteiger partial charge < -0.3 is 4.98 Å². The number of carbonyl (C=O) groups excluding carboxylic acids is 1. The van der Waals surface area contributed by atoms with Crippen LogP contribution in [0.5, 0.6) is 0 Å². The molecule has 0 radical (unpaired) electrons. The van der Waals surface area contributed by atoms with Gasteiger partial charge in [-0.2, -0.15) is 0 Å². The molecule has 2 rings (SSSR count). The van der Waals surface area contributed by atoms with E-state index in [0.717, 1.165) is 16.6 Å². The Morgan fingerprint density at radius 3 is 3.00 bits per heavy atom. The van der Waals surface area contributed by atoms with Crippen molar-refractivity contribution >= 4 is 43.8 Å². The fraction of sp³-hybridized carbons (Fsp3) is 0.111. The quantitative estimate of drug-likeness (QED) is 0.675. The van der Waals surface area contributed by atoms with Crippen molar-refractivity contribution in [1.29, 1.82) is 0 Å². The highest BCUT2D eigenvalue weighted by molar-refractivity contribution is 9.08. The molecule has 1 heterocycles. The van der Waals surface area contributed by atoms with E-state index in [9.17, 15) is 4.79 Å². The van der Waals surface area contributed by atoms with E-state index in [1.54, 1.807) is 18.5 Å². The minimum atomic E-state index is -0.455. The molecule has 0 saturated carbocycles. The van der Waals surface area contributed by atoms with E-state index in [1.807, 2.05) is 0 Å². The second-order valence-corrected chi connectivity index (χ2v) is 3.75. The van der Waals surface area contributed by atoms with Crippen molar-refractivity contribution in [2.75, 3.05) is 0 Å². The number of alkyl halides is 1. The standard InChI is InChI=1S/C9H6BrClN2O/c10-3-6-1-5(9(11)14)2-7-8(6)13-4-12-7/h1-2,4H,3H2,(H,12,13). The van der Waals surface area contributed by atoms with Crippen LogP contribution in [0, 0.1) is 0 Å². The number of nitrogens with zero attached hydrogens (tertiary/aromatic N) is 1. The first-order chi connectivity index (χ1) is 6.72. The number of fused-ring (bicyclic) bond motifs is 1. The third-order valence-electron chi connectivity index (χ3n) is 1.97. The first-order valence-electron chi connectivity index (χ1n) is 3.94. The van der Waals surface area contributed by atoms with E-state index < -0.39 is 5.24 Å². The number of hydrogen-bond donors (Lipinski definition) is 1. The lowest BCUT2D eigenvalue weighted by Crippen LogP contribution is -1.92. The van der Waals surface area contributed by atoms with Crippen molar-refractivity contribution in [3.8, 4) is 0 Å². The molecular weight excluding hydrogens is 267 g/mol. The third kappa shape index (κ3) is 1.55. The monoisotopic (exact) mass is 272 g/mol. The summed E-state index contributed by atoms with van der Waals surface area (Å²) in [6, 6.07) is 3.44. The van der Waals surface area contributed by atoms with Crippen LogP contribution in [0.15, 0.2) is 18.5 Å². The highest BCUT2D eigenvalue weighted by atomic mass is 79.9. The minimum Gasteiger partial charge on any atom is -0.345 e. The molecule has 1 N–H and O–H groups in total. The van der Waals surface area contributed by atoms with Gasteiger partial charge in [0.2, 0.25) is 0 Å². The van der Waals surface area contributed by atoms with Crippen molar-refractivity contribution in [3.63, 3.8) is 0 Å². The highest BCUT2D eigenvalue weighted by Gasteiger charge is 2.09. The number of H-pyrrole nitrogens is 1. The Hall–Kier alpha value is -0.870. The summed E-state index contributed by atoms with van der Waals surface area (Å²) in [4.78, 5) is 18.1. The predicted molar refractivity (Wildman–Crippen MR) is 58.9 cm³/mol. The van der Waals surface area contributed by atoms with Gasteiger partial charge in [0.15, 0.2) is 0 Å². The van der Waals surface area contributed by atoms with Gasteiger partial charge in [0.05, 0.1) is 17.4 Å². The van der Waals surface area contributed by atoms with Gasteiger partial charge in [-0.25, -0.2) is 4.98 Å². The molecule has 72 valence electrons. The average molecular weight is 274 g/mol. The maximum atomic E-state index is 11.0. The van der Waals surface area contributed by atoms with Crippen LogP contribution < -0.4 is 0 Å². The van der Waals surface area contributed by atoms with Crippen LogP contribution in [0.4, 0.5) is 0 Å². The van der Waals surface area contributed by atoms with Crippen molar-refractivity contribution in [3.05, 3.63) is 29.6 Å². The summed E-state index contributed by atoms with van der Waals surface area (Å²) in [6.07, 6.45) is 1.60. The molecule has 0 bridgehead atoms. The molecule has 14 heavy (non-hydrogen) atoms. The SMILES string of the molecule is O=C(Cl)c1cc(CBr)c2nc[nH]c2c1. The van der Waals surface area contributed by atoms with E-state index in [2.05, 4.69) is 25.9 Å².